The Hall–Kier alpha value is -2.21. The van der Waals surface area contributed by atoms with E-state index in [2.05, 4.69) is 15.6 Å². The van der Waals surface area contributed by atoms with Crippen LogP contribution in [0, 0.1) is 0 Å². The normalized spacial score (nSPS) is 12.1. The number of carbonyl (C=O) groups is 1. The van der Waals surface area contributed by atoms with Gasteiger partial charge in [0.1, 0.15) is 0 Å². The predicted octanol–water partition coefficient (Wildman–Crippen LogP) is 0.943. The molecule has 0 spiro atoms. The van der Waals surface area contributed by atoms with Crippen molar-refractivity contribution in [1.82, 2.24) is 15.0 Å². The lowest BCUT2D eigenvalue weighted by Gasteiger charge is -2.13. The van der Waals surface area contributed by atoms with Crippen LogP contribution in [0.5, 0.6) is 0 Å². The van der Waals surface area contributed by atoms with Gasteiger partial charge in [-0.3, -0.25) is 4.79 Å². The Morgan fingerprint density at radius 2 is 2.28 bits per heavy atom. The van der Waals surface area contributed by atoms with Crippen LogP contribution in [-0.2, 0) is 4.79 Å². The van der Waals surface area contributed by atoms with Crippen molar-refractivity contribution in [1.29, 1.82) is 0 Å². The van der Waals surface area contributed by atoms with Crippen LogP contribution in [-0.4, -0.2) is 26.9 Å². The zero-order chi connectivity index (χ0) is 13.0. The maximum absolute atomic E-state index is 11.8. The second-order valence-electron chi connectivity index (χ2n) is 3.87. The highest BCUT2D eigenvalue weighted by Gasteiger charge is 2.13. The number of anilines is 1. The van der Waals surface area contributed by atoms with E-state index in [0.29, 0.717) is 12.1 Å². The van der Waals surface area contributed by atoms with Crippen molar-refractivity contribution in [3.8, 4) is 5.69 Å². The first-order chi connectivity index (χ1) is 8.72. The van der Waals surface area contributed by atoms with Crippen molar-refractivity contribution in [3.63, 3.8) is 0 Å². The molecule has 0 unspecified atom stereocenters. The summed E-state index contributed by atoms with van der Waals surface area (Å²) >= 11 is 0. The van der Waals surface area contributed by atoms with Crippen molar-refractivity contribution >= 4 is 11.6 Å². The fourth-order valence-electron chi connectivity index (χ4n) is 1.53. The highest BCUT2D eigenvalue weighted by atomic mass is 16.2. The maximum atomic E-state index is 11.8. The summed E-state index contributed by atoms with van der Waals surface area (Å²) < 4.78 is 1.59. The van der Waals surface area contributed by atoms with Gasteiger partial charge in [-0.1, -0.05) is 24.3 Å². The Balaban J connectivity index is 2.26. The largest absolute Gasteiger partial charge is 0.323 e. The third kappa shape index (κ3) is 2.54. The summed E-state index contributed by atoms with van der Waals surface area (Å²) in [5, 5.41) is 10.4. The summed E-state index contributed by atoms with van der Waals surface area (Å²) in [6.45, 7) is 1.87. The molecule has 0 radical (unpaired) electrons. The van der Waals surface area contributed by atoms with E-state index in [9.17, 15) is 4.79 Å². The van der Waals surface area contributed by atoms with Crippen molar-refractivity contribution in [2.45, 2.75) is 19.4 Å². The van der Waals surface area contributed by atoms with Gasteiger partial charge in [0.25, 0.3) is 0 Å². The molecule has 1 amide bonds. The number of hydrogen-bond donors (Lipinski definition) is 2. The fourth-order valence-corrected chi connectivity index (χ4v) is 1.53. The van der Waals surface area contributed by atoms with Crippen molar-refractivity contribution in [2.75, 3.05) is 5.32 Å². The highest BCUT2D eigenvalue weighted by molar-refractivity contribution is 5.96. The van der Waals surface area contributed by atoms with E-state index in [1.165, 1.54) is 0 Å². The fraction of sp³-hybridized carbons (Fsp3) is 0.250. The zero-order valence-electron chi connectivity index (χ0n) is 10.1. The summed E-state index contributed by atoms with van der Waals surface area (Å²) in [5.74, 6) is -0.204. The third-order valence-electron chi connectivity index (χ3n) is 2.61. The topological polar surface area (TPSA) is 85.8 Å². The minimum atomic E-state index is -0.506. The Morgan fingerprint density at radius 3 is 2.94 bits per heavy atom. The second-order valence-corrected chi connectivity index (χ2v) is 3.87. The number of nitrogens with two attached hydrogens (primary N) is 1. The molecule has 0 saturated carbocycles. The molecule has 6 heteroatoms. The first-order valence-corrected chi connectivity index (χ1v) is 5.74. The van der Waals surface area contributed by atoms with Crippen LogP contribution >= 0.6 is 0 Å². The van der Waals surface area contributed by atoms with Crippen LogP contribution in [0.2, 0.25) is 0 Å². The number of nitrogens with zero attached hydrogens (tertiary/aromatic N) is 3. The summed E-state index contributed by atoms with van der Waals surface area (Å²) in [6.07, 6.45) is 3.89. The van der Waals surface area contributed by atoms with Gasteiger partial charge in [-0.15, -0.1) is 5.10 Å². The average Bonchev–Trinajstić information content (AvgIpc) is 2.92. The maximum Gasteiger partial charge on any atom is 0.241 e. The molecule has 0 saturated heterocycles. The number of nitrogens with one attached hydrogen (secondary N) is 1. The van der Waals surface area contributed by atoms with E-state index < -0.39 is 6.04 Å². The number of carbonyl (C=O) groups excluding carboxylic acids is 1. The van der Waals surface area contributed by atoms with Gasteiger partial charge in [0.15, 0.2) is 0 Å². The lowest BCUT2D eigenvalue weighted by atomic mass is 10.2. The second kappa shape index (κ2) is 5.42. The Morgan fingerprint density at radius 1 is 1.50 bits per heavy atom. The summed E-state index contributed by atoms with van der Waals surface area (Å²) in [6, 6.07) is 6.85. The summed E-state index contributed by atoms with van der Waals surface area (Å²) in [7, 11) is 0. The first-order valence-electron chi connectivity index (χ1n) is 5.74. The molecule has 2 aromatic rings. The number of aromatic nitrogens is 3. The van der Waals surface area contributed by atoms with E-state index in [1.54, 1.807) is 23.1 Å². The minimum Gasteiger partial charge on any atom is -0.323 e. The molecular formula is C12H15N5O. The molecule has 1 aromatic heterocycles. The number of hydrogen-bond acceptors (Lipinski definition) is 4. The van der Waals surface area contributed by atoms with Crippen LogP contribution in [0.25, 0.3) is 5.69 Å². The van der Waals surface area contributed by atoms with Crippen LogP contribution in [0.3, 0.4) is 0 Å². The average molecular weight is 245 g/mol. The standard InChI is InChI=1S/C12H15N5O/c1-2-9(13)12(18)15-10-5-3-4-6-11(10)17-8-7-14-16-17/h3-9H,2,13H2,1H3,(H,15,18)/t9-/m0/s1. The molecule has 94 valence electrons. The molecule has 0 aliphatic carbocycles. The number of rotatable bonds is 4. The molecule has 6 nitrogen and oxygen atoms in total. The molecule has 0 aliphatic heterocycles. The van der Waals surface area contributed by atoms with Gasteiger partial charge in [0, 0.05) is 0 Å². The molecule has 0 aliphatic rings. The Labute approximate surface area is 105 Å². The first kappa shape index (κ1) is 12.3. The molecule has 1 heterocycles. The van der Waals surface area contributed by atoms with Crippen molar-refractivity contribution < 1.29 is 4.79 Å². The van der Waals surface area contributed by atoms with Gasteiger partial charge >= 0.3 is 0 Å². The zero-order valence-corrected chi connectivity index (χ0v) is 10.1. The smallest absolute Gasteiger partial charge is 0.241 e. The van der Waals surface area contributed by atoms with Gasteiger partial charge < -0.3 is 11.1 Å². The lowest BCUT2D eigenvalue weighted by molar-refractivity contribution is -0.117. The van der Waals surface area contributed by atoms with Gasteiger partial charge in [-0.05, 0) is 18.6 Å². The Bertz CT molecular complexity index is 523. The third-order valence-corrected chi connectivity index (χ3v) is 2.61. The quantitative estimate of drug-likeness (QED) is 0.839. The van der Waals surface area contributed by atoms with Gasteiger partial charge in [0.05, 0.1) is 29.8 Å². The Kier molecular flexibility index (Phi) is 3.69. The predicted molar refractivity (Wildman–Crippen MR) is 68.3 cm³/mol. The molecule has 3 N–H and O–H groups in total. The monoisotopic (exact) mass is 245 g/mol. The molecule has 0 fully saturated rings. The van der Waals surface area contributed by atoms with Crippen molar-refractivity contribution in [2.24, 2.45) is 5.73 Å². The molecular weight excluding hydrogens is 230 g/mol. The minimum absolute atomic E-state index is 0.204. The molecule has 0 bridgehead atoms. The highest BCUT2D eigenvalue weighted by Crippen LogP contribution is 2.18. The lowest BCUT2D eigenvalue weighted by Crippen LogP contribution is -2.35. The van der Waals surface area contributed by atoms with Crippen LogP contribution in [0.1, 0.15) is 13.3 Å². The summed E-state index contributed by atoms with van der Waals surface area (Å²) in [5.41, 5.74) is 7.11. The number of amides is 1. The molecule has 1 aromatic carbocycles. The molecule has 1 atom stereocenters. The van der Waals surface area contributed by atoms with E-state index >= 15 is 0 Å². The molecule has 18 heavy (non-hydrogen) atoms. The SMILES string of the molecule is CC[C@H](N)C(=O)Nc1ccccc1-n1ccnn1. The van der Waals surface area contributed by atoms with E-state index in [0.717, 1.165) is 5.69 Å². The summed E-state index contributed by atoms with van der Waals surface area (Å²) in [4.78, 5) is 11.8. The van der Waals surface area contributed by atoms with Crippen LogP contribution in [0.15, 0.2) is 36.7 Å². The van der Waals surface area contributed by atoms with Gasteiger partial charge in [-0.2, -0.15) is 0 Å². The number of benzene rings is 1. The van der Waals surface area contributed by atoms with Crippen LogP contribution < -0.4 is 11.1 Å². The number of para-hydroxylation sites is 2. The van der Waals surface area contributed by atoms with Gasteiger partial charge in [0.2, 0.25) is 5.91 Å². The van der Waals surface area contributed by atoms with E-state index in [1.807, 2.05) is 25.1 Å². The molecule has 2 rings (SSSR count). The van der Waals surface area contributed by atoms with E-state index in [4.69, 9.17) is 5.73 Å². The van der Waals surface area contributed by atoms with Gasteiger partial charge in [-0.25, -0.2) is 4.68 Å². The van der Waals surface area contributed by atoms with Crippen LogP contribution in [0.4, 0.5) is 5.69 Å². The van der Waals surface area contributed by atoms with E-state index in [-0.39, 0.29) is 5.91 Å². The van der Waals surface area contributed by atoms with Crippen molar-refractivity contribution in [3.05, 3.63) is 36.7 Å².